The first kappa shape index (κ1) is 14.7. The first-order valence-electron chi connectivity index (χ1n) is 6.64. The minimum absolute atomic E-state index is 0.0663. The molecule has 0 radical (unpaired) electrons. The molecule has 1 atom stereocenters. The van der Waals surface area contributed by atoms with Crippen LogP contribution in [0.5, 0.6) is 0 Å². The second-order valence-corrected chi connectivity index (χ2v) is 5.03. The van der Waals surface area contributed by atoms with Crippen LogP contribution < -0.4 is 10.6 Å². The van der Waals surface area contributed by atoms with E-state index < -0.39 is 0 Å². The molecule has 3 nitrogen and oxygen atoms in total. The summed E-state index contributed by atoms with van der Waals surface area (Å²) in [6.45, 7) is 6.45. The van der Waals surface area contributed by atoms with Crippen molar-refractivity contribution in [3.63, 3.8) is 0 Å². The van der Waals surface area contributed by atoms with Crippen LogP contribution in [0.3, 0.4) is 0 Å². The first-order valence-corrected chi connectivity index (χ1v) is 6.64. The van der Waals surface area contributed by atoms with Crippen LogP contribution in [0.2, 0.25) is 0 Å². The summed E-state index contributed by atoms with van der Waals surface area (Å²) >= 11 is 0. The smallest absolute Gasteiger partial charge is 0.234 e. The van der Waals surface area contributed by atoms with Crippen LogP contribution in [0.4, 0.5) is 0 Å². The van der Waals surface area contributed by atoms with Gasteiger partial charge in [0.15, 0.2) is 0 Å². The second kappa shape index (κ2) is 7.88. The molecule has 0 fully saturated rings. The van der Waals surface area contributed by atoms with Gasteiger partial charge in [0.05, 0.1) is 6.54 Å². The Morgan fingerprint density at radius 1 is 1.17 bits per heavy atom. The average Bonchev–Trinajstić information content (AvgIpc) is 2.34. The Bertz CT molecular complexity index is 349. The van der Waals surface area contributed by atoms with Crippen LogP contribution >= 0.6 is 0 Å². The average molecular weight is 248 g/mol. The molecule has 0 unspecified atom stereocenters. The third-order valence-electron chi connectivity index (χ3n) is 2.77. The van der Waals surface area contributed by atoms with Crippen molar-refractivity contribution in [3.05, 3.63) is 35.9 Å². The highest BCUT2D eigenvalue weighted by molar-refractivity contribution is 5.78. The predicted molar refractivity (Wildman–Crippen MR) is 75.5 cm³/mol. The molecule has 0 saturated carbocycles. The van der Waals surface area contributed by atoms with E-state index in [1.807, 2.05) is 19.9 Å². The minimum Gasteiger partial charge on any atom is -0.353 e. The number of nitrogens with one attached hydrogen (secondary N) is 2. The quantitative estimate of drug-likeness (QED) is 0.776. The minimum atomic E-state index is 0.0663. The van der Waals surface area contributed by atoms with Crippen LogP contribution in [0.15, 0.2) is 30.3 Å². The predicted octanol–water partition coefficient (Wildman–Crippen LogP) is 2.12. The third-order valence-corrected chi connectivity index (χ3v) is 2.77. The van der Waals surface area contributed by atoms with Gasteiger partial charge in [-0.15, -0.1) is 0 Å². The molecule has 0 aliphatic carbocycles. The van der Waals surface area contributed by atoms with Crippen molar-refractivity contribution in [3.8, 4) is 0 Å². The van der Waals surface area contributed by atoms with E-state index in [0.29, 0.717) is 12.6 Å². The van der Waals surface area contributed by atoms with Crippen molar-refractivity contribution in [1.82, 2.24) is 10.6 Å². The molecule has 18 heavy (non-hydrogen) atoms. The fourth-order valence-corrected chi connectivity index (χ4v) is 1.77. The van der Waals surface area contributed by atoms with Gasteiger partial charge in [0, 0.05) is 12.1 Å². The van der Waals surface area contributed by atoms with E-state index in [1.54, 1.807) is 0 Å². The molecule has 2 N–H and O–H groups in total. The lowest BCUT2D eigenvalue weighted by Crippen LogP contribution is -2.40. The summed E-state index contributed by atoms with van der Waals surface area (Å²) in [4.78, 5) is 11.5. The SMILES string of the molecule is CC(C)NC(=O)CN[C@H](C)CCc1ccccc1. The molecular weight excluding hydrogens is 224 g/mol. The van der Waals surface area contributed by atoms with Crippen LogP contribution in [-0.2, 0) is 11.2 Å². The monoisotopic (exact) mass is 248 g/mol. The summed E-state index contributed by atoms with van der Waals surface area (Å²) in [6, 6.07) is 11.0. The molecule has 3 heteroatoms. The number of benzene rings is 1. The van der Waals surface area contributed by atoms with Gasteiger partial charge >= 0.3 is 0 Å². The van der Waals surface area contributed by atoms with Crippen LogP contribution in [0, 0.1) is 0 Å². The number of aryl methyl sites for hydroxylation is 1. The Kier molecular flexibility index (Phi) is 6.44. The highest BCUT2D eigenvalue weighted by atomic mass is 16.1. The zero-order valence-electron chi connectivity index (χ0n) is 11.6. The molecule has 1 aromatic carbocycles. The van der Waals surface area contributed by atoms with Crippen LogP contribution in [0.1, 0.15) is 32.8 Å². The zero-order chi connectivity index (χ0) is 13.4. The van der Waals surface area contributed by atoms with Crippen molar-refractivity contribution in [2.24, 2.45) is 0 Å². The molecule has 100 valence electrons. The summed E-state index contributed by atoms with van der Waals surface area (Å²) in [5, 5.41) is 6.12. The molecule has 1 amide bonds. The fourth-order valence-electron chi connectivity index (χ4n) is 1.77. The number of carbonyl (C=O) groups excluding carboxylic acids is 1. The Balaban J connectivity index is 2.18. The summed E-state index contributed by atoms with van der Waals surface area (Å²) < 4.78 is 0. The Morgan fingerprint density at radius 3 is 2.44 bits per heavy atom. The molecule has 1 aromatic rings. The Hall–Kier alpha value is -1.35. The van der Waals surface area contributed by atoms with Gasteiger partial charge in [-0.1, -0.05) is 30.3 Å². The van der Waals surface area contributed by atoms with Crippen molar-refractivity contribution in [2.75, 3.05) is 6.54 Å². The number of rotatable bonds is 7. The molecule has 1 rings (SSSR count). The van der Waals surface area contributed by atoms with E-state index in [4.69, 9.17) is 0 Å². The first-order chi connectivity index (χ1) is 8.58. The van der Waals surface area contributed by atoms with Gasteiger partial charge in [0.25, 0.3) is 0 Å². The van der Waals surface area contributed by atoms with E-state index in [-0.39, 0.29) is 11.9 Å². The molecule has 0 aliphatic rings. The largest absolute Gasteiger partial charge is 0.353 e. The second-order valence-electron chi connectivity index (χ2n) is 5.03. The molecular formula is C15H24N2O. The summed E-state index contributed by atoms with van der Waals surface area (Å²) in [6.07, 6.45) is 2.08. The van der Waals surface area contributed by atoms with Gasteiger partial charge in [0.2, 0.25) is 5.91 Å². The maximum Gasteiger partial charge on any atom is 0.234 e. The molecule has 0 saturated heterocycles. The van der Waals surface area contributed by atoms with Crippen molar-refractivity contribution in [2.45, 2.75) is 45.7 Å². The van der Waals surface area contributed by atoms with Gasteiger partial charge in [-0.25, -0.2) is 0 Å². The molecule has 0 spiro atoms. The van der Waals surface area contributed by atoms with E-state index in [0.717, 1.165) is 12.8 Å². The van der Waals surface area contributed by atoms with Gasteiger partial charge in [-0.2, -0.15) is 0 Å². The van der Waals surface area contributed by atoms with E-state index in [2.05, 4.69) is 41.8 Å². The lowest BCUT2D eigenvalue weighted by molar-refractivity contribution is -0.120. The number of amides is 1. The Labute approximate surface area is 110 Å². The zero-order valence-corrected chi connectivity index (χ0v) is 11.6. The fraction of sp³-hybridized carbons (Fsp3) is 0.533. The maximum absolute atomic E-state index is 11.5. The van der Waals surface area contributed by atoms with E-state index in [1.165, 1.54) is 5.56 Å². The van der Waals surface area contributed by atoms with Crippen LogP contribution in [-0.4, -0.2) is 24.5 Å². The van der Waals surface area contributed by atoms with Crippen molar-refractivity contribution >= 4 is 5.91 Å². The lowest BCUT2D eigenvalue weighted by Gasteiger charge is -2.14. The number of hydrogen-bond donors (Lipinski definition) is 2. The van der Waals surface area contributed by atoms with Gasteiger partial charge < -0.3 is 10.6 Å². The van der Waals surface area contributed by atoms with E-state index >= 15 is 0 Å². The number of hydrogen-bond acceptors (Lipinski definition) is 2. The summed E-state index contributed by atoms with van der Waals surface area (Å²) in [5.41, 5.74) is 1.35. The molecule has 0 aliphatic heterocycles. The summed E-state index contributed by atoms with van der Waals surface area (Å²) in [5.74, 6) is 0.0663. The van der Waals surface area contributed by atoms with Crippen molar-refractivity contribution in [1.29, 1.82) is 0 Å². The molecule has 0 bridgehead atoms. The maximum atomic E-state index is 11.5. The third kappa shape index (κ3) is 6.40. The number of carbonyl (C=O) groups is 1. The van der Waals surface area contributed by atoms with E-state index in [9.17, 15) is 4.79 Å². The van der Waals surface area contributed by atoms with Crippen molar-refractivity contribution < 1.29 is 4.79 Å². The topological polar surface area (TPSA) is 41.1 Å². The molecule has 0 heterocycles. The lowest BCUT2D eigenvalue weighted by atomic mass is 10.1. The van der Waals surface area contributed by atoms with Gasteiger partial charge in [0.1, 0.15) is 0 Å². The van der Waals surface area contributed by atoms with Gasteiger partial charge in [-0.05, 0) is 39.2 Å². The normalized spacial score (nSPS) is 12.4. The standard InChI is InChI=1S/C15H24N2O/c1-12(2)17-15(18)11-16-13(3)9-10-14-7-5-4-6-8-14/h4-8,12-13,16H,9-11H2,1-3H3,(H,17,18)/t13-/m1/s1. The van der Waals surface area contributed by atoms with Gasteiger partial charge in [-0.3, -0.25) is 4.79 Å². The highest BCUT2D eigenvalue weighted by Gasteiger charge is 2.06. The molecule has 0 aromatic heterocycles. The Morgan fingerprint density at radius 2 is 1.83 bits per heavy atom. The highest BCUT2D eigenvalue weighted by Crippen LogP contribution is 2.04. The summed E-state index contributed by atoms with van der Waals surface area (Å²) in [7, 11) is 0. The van der Waals surface area contributed by atoms with Crippen LogP contribution in [0.25, 0.3) is 0 Å².